The van der Waals surface area contributed by atoms with Crippen molar-refractivity contribution in [1.82, 2.24) is 20.3 Å². The number of hydrogen-bond acceptors (Lipinski definition) is 5. The second-order valence-corrected chi connectivity index (χ2v) is 3.32. The first-order valence-corrected chi connectivity index (χ1v) is 4.42. The average Bonchev–Trinajstić information content (AvgIpc) is 2.54. The number of carbonyl (C=O) groups is 2. The van der Waals surface area contributed by atoms with Crippen LogP contribution in [0.2, 0.25) is 0 Å². The van der Waals surface area contributed by atoms with Crippen LogP contribution in [0.3, 0.4) is 0 Å². The molecule has 1 N–H and O–H groups in total. The van der Waals surface area contributed by atoms with Crippen LogP contribution in [-0.2, 0) is 9.59 Å². The second-order valence-electron chi connectivity index (χ2n) is 3.32. The quantitative estimate of drug-likeness (QED) is 0.593. The Labute approximate surface area is 86.6 Å². The monoisotopic (exact) mass is 209 g/mol. The van der Waals surface area contributed by atoms with Crippen molar-refractivity contribution >= 4 is 18.2 Å². The summed E-state index contributed by atoms with van der Waals surface area (Å²) in [6, 6.07) is 0. The third-order valence-corrected chi connectivity index (χ3v) is 2.08. The summed E-state index contributed by atoms with van der Waals surface area (Å²) in [6.07, 6.45) is 4.00. The van der Waals surface area contributed by atoms with Gasteiger partial charge in [-0.05, 0) is 0 Å². The van der Waals surface area contributed by atoms with Crippen molar-refractivity contribution in [2.45, 2.75) is 13.2 Å². The van der Waals surface area contributed by atoms with Crippen LogP contribution in [0.5, 0.6) is 0 Å². The molecule has 0 aromatic rings. The number of hydrazine groups is 1. The van der Waals surface area contributed by atoms with E-state index < -0.39 is 6.29 Å². The minimum atomic E-state index is -0.411. The van der Waals surface area contributed by atoms with Crippen molar-refractivity contribution in [1.29, 1.82) is 0 Å². The Hall–Kier alpha value is -2.05. The Bertz CT molecular complexity index is 364. The first-order valence-electron chi connectivity index (χ1n) is 4.42. The van der Waals surface area contributed by atoms with Crippen molar-refractivity contribution < 1.29 is 9.59 Å². The van der Waals surface area contributed by atoms with Crippen LogP contribution in [0, 0.1) is 0 Å². The molecule has 1 atom stereocenters. The molecular formula is C8H11N5O2. The standard InChI is InChI=1S/C8H11N5O2/c1-6(14)10-12-4-3-7(15)13-8(12)11(2)5-9-13/h3-5,8H,1-2H3,(H,10,14). The molecule has 0 bridgehead atoms. The highest BCUT2D eigenvalue weighted by Crippen LogP contribution is 2.18. The maximum atomic E-state index is 11.4. The molecule has 2 aliphatic rings. The van der Waals surface area contributed by atoms with Gasteiger partial charge in [-0.15, -0.1) is 0 Å². The van der Waals surface area contributed by atoms with E-state index in [9.17, 15) is 9.59 Å². The van der Waals surface area contributed by atoms with E-state index in [4.69, 9.17) is 0 Å². The summed E-state index contributed by atoms with van der Waals surface area (Å²) in [5.41, 5.74) is 2.60. The zero-order valence-electron chi connectivity index (χ0n) is 8.41. The van der Waals surface area contributed by atoms with Gasteiger partial charge in [0.05, 0.1) is 0 Å². The van der Waals surface area contributed by atoms with Crippen molar-refractivity contribution in [2.24, 2.45) is 5.10 Å². The predicted octanol–water partition coefficient (Wildman–Crippen LogP) is -1.13. The number of hydrogen-bond donors (Lipinski definition) is 1. The fourth-order valence-corrected chi connectivity index (χ4v) is 1.49. The Morgan fingerprint density at radius 3 is 3.00 bits per heavy atom. The Kier molecular flexibility index (Phi) is 2.07. The van der Waals surface area contributed by atoms with Gasteiger partial charge in [-0.25, -0.2) is 5.01 Å². The molecule has 0 aromatic heterocycles. The van der Waals surface area contributed by atoms with Gasteiger partial charge in [0.25, 0.3) is 5.91 Å². The number of rotatable bonds is 1. The largest absolute Gasteiger partial charge is 0.324 e. The smallest absolute Gasteiger partial charge is 0.271 e. The minimum Gasteiger partial charge on any atom is -0.324 e. The molecule has 2 heterocycles. The highest BCUT2D eigenvalue weighted by molar-refractivity contribution is 5.89. The van der Waals surface area contributed by atoms with E-state index >= 15 is 0 Å². The fourth-order valence-electron chi connectivity index (χ4n) is 1.49. The molecule has 15 heavy (non-hydrogen) atoms. The molecule has 0 aliphatic carbocycles. The lowest BCUT2D eigenvalue weighted by Gasteiger charge is -2.37. The second kappa shape index (κ2) is 3.26. The SMILES string of the molecule is CC(=O)NN1C=CC(=O)N2N=CN(C)C12. The van der Waals surface area contributed by atoms with Gasteiger partial charge in [0.1, 0.15) is 6.34 Å². The number of amides is 2. The summed E-state index contributed by atoms with van der Waals surface area (Å²) >= 11 is 0. The van der Waals surface area contributed by atoms with Crippen LogP contribution in [0.15, 0.2) is 17.4 Å². The Balaban J connectivity index is 2.23. The van der Waals surface area contributed by atoms with Gasteiger partial charge in [-0.2, -0.15) is 10.1 Å². The van der Waals surface area contributed by atoms with Crippen molar-refractivity contribution in [3.05, 3.63) is 12.3 Å². The van der Waals surface area contributed by atoms with Crippen LogP contribution in [0.4, 0.5) is 0 Å². The maximum Gasteiger partial charge on any atom is 0.271 e. The van der Waals surface area contributed by atoms with Crippen LogP contribution in [-0.4, -0.2) is 46.4 Å². The van der Waals surface area contributed by atoms with Crippen molar-refractivity contribution in [3.63, 3.8) is 0 Å². The molecule has 2 aliphatic heterocycles. The third-order valence-electron chi connectivity index (χ3n) is 2.08. The summed E-state index contributed by atoms with van der Waals surface area (Å²) < 4.78 is 0. The highest BCUT2D eigenvalue weighted by Gasteiger charge is 2.36. The highest BCUT2D eigenvalue weighted by atomic mass is 16.2. The first-order chi connectivity index (χ1) is 7.09. The summed E-state index contributed by atoms with van der Waals surface area (Å²) in [6.45, 7) is 1.41. The van der Waals surface area contributed by atoms with E-state index in [0.29, 0.717) is 0 Å². The molecule has 1 unspecified atom stereocenters. The Morgan fingerprint density at radius 2 is 2.33 bits per heavy atom. The summed E-state index contributed by atoms with van der Waals surface area (Å²) in [5, 5.41) is 6.73. The van der Waals surface area contributed by atoms with Crippen LogP contribution >= 0.6 is 0 Å². The molecule has 0 fully saturated rings. The Morgan fingerprint density at radius 1 is 1.60 bits per heavy atom. The molecule has 0 aromatic carbocycles. The number of hydrazone groups is 1. The van der Waals surface area contributed by atoms with Crippen LogP contribution < -0.4 is 5.43 Å². The lowest BCUT2D eigenvalue weighted by molar-refractivity contribution is -0.142. The van der Waals surface area contributed by atoms with E-state index in [2.05, 4.69) is 10.5 Å². The predicted molar refractivity (Wildman–Crippen MR) is 51.7 cm³/mol. The van der Waals surface area contributed by atoms with Crippen molar-refractivity contribution in [3.8, 4) is 0 Å². The van der Waals surface area contributed by atoms with Crippen LogP contribution in [0.25, 0.3) is 0 Å². The first kappa shape index (κ1) is 9.50. The molecule has 7 nitrogen and oxygen atoms in total. The van der Waals surface area contributed by atoms with E-state index in [1.54, 1.807) is 11.9 Å². The molecule has 2 amide bonds. The van der Waals surface area contributed by atoms with Gasteiger partial charge < -0.3 is 4.90 Å². The molecule has 2 rings (SSSR count). The van der Waals surface area contributed by atoms with E-state index in [0.717, 1.165) is 0 Å². The summed E-state index contributed by atoms with van der Waals surface area (Å²) in [7, 11) is 1.77. The van der Waals surface area contributed by atoms with Gasteiger partial charge in [0, 0.05) is 26.2 Å². The molecule has 0 radical (unpaired) electrons. The number of nitrogens with one attached hydrogen (secondary N) is 1. The minimum absolute atomic E-state index is 0.200. The van der Waals surface area contributed by atoms with Gasteiger partial charge in [0.15, 0.2) is 0 Å². The molecular weight excluding hydrogens is 198 g/mol. The molecule has 80 valence electrons. The topological polar surface area (TPSA) is 68.2 Å². The van der Waals surface area contributed by atoms with E-state index in [1.165, 1.54) is 35.6 Å². The lowest BCUT2D eigenvalue weighted by atomic mass is 10.4. The molecule has 0 saturated heterocycles. The summed E-state index contributed by atoms with van der Waals surface area (Å²) in [5.74, 6) is -0.406. The van der Waals surface area contributed by atoms with Gasteiger partial charge in [-0.1, -0.05) is 0 Å². The number of fused-ring (bicyclic) bond motifs is 1. The van der Waals surface area contributed by atoms with Crippen LogP contribution in [0.1, 0.15) is 6.92 Å². The van der Waals surface area contributed by atoms with Gasteiger partial charge >= 0.3 is 0 Å². The average molecular weight is 209 g/mol. The lowest BCUT2D eigenvalue weighted by Crippen LogP contribution is -2.58. The van der Waals surface area contributed by atoms with E-state index in [1.807, 2.05) is 0 Å². The van der Waals surface area contributed by atoms with Gasteiger partial charge in [-0.3, -0.25) is 15.0 Å². The molecule has 0 saturated carbocycles. The molecule has 0 spiro atoms. The van der Waals surface area contributed by atoms with Crippen molar-refractivity contribution in [2.75, 3.05) is 7.05 Å². The number of nitrogens with zero attached hydrogens (tertiary/aromatic N) is 4. The fraction of sp³-hybridized carbons (Fsp3) is 0.375. The normalized spacial score (nSPS) is 23.5. The number of carbonyl (C=O) groups excluding carboxylic acids is 2. The zero-order chi connectivity index (χ0) is 11.0. The third kappa shape index (κ3) is 1.51. The van der Waals surface area contributed by atoms with Gasteiger partial charge in [0.2, 0.25) is 12.2 Å². The van der Waals surface area contributed by atoms with E-state index in [-0.39, 0.29) is 11.8 Å². The summed E-state index contributed by atoms with van der Waals surface area (Å²) in [4.78, 5) is 24.1. The molecule has 7 heteroatoms. The maximum absolute atomic E-state index is 11.4. The zero-order valence-corrected chi connectivity index (χ0v) is 8.41.